The van der Waals surface area contributed by atoms with Crippen LogP contribution < -0.4 is 16.0 Å². The Morgan fingerprint density at radius 3 is 2.23 bits per heavy atom. The summed E-state index contributed by atoms with van der Waals surface area (Å²) in [6.45, 7) is 6.54. The summed E-state index contributed by atoms with van der Waals surface area (Å²) in [6, 6.07) is 19.5. The molecule has 0 saturated heterocycles. The fourth-order valence-electron chi connectivity index (χ4n) is 3.96. The Morgan fingerprint density at radius 1 is 0.955 bits per heavy atom. The van der Waals surface area contributed by atoms with Crippen LogP contribution in [0.1, 0.15) is 57.3 Å². The number of carbonyl (C=O) groups is 2. The number of carbonyl (C=O) groups excluding carboxylic acids is 2. The number of unbranched alkanes of at least 4 members (excludes halogenated alkanes) is 3. The van der Waals surface area contributed by atoms with E-state index in [4.69, 9.17) is 0 Å². The van der Waals surface area contributed by atoms with Crippen LogP contribution in [-0.4, -0.2) is 71.3 Å². The van der Waals surface area contributed by atoms with Crippen LogP contribution in [0.3, 0.4) is 0 Å². The van der Waals surface area contributed by atoms with Gasteiger partial charge < -0.3 is 16.0 Å². The third kappa shape index (κ3) is 16.0. The van der Waals surface area contributed by atoms with Crippen LogP contribution in [0.5, 0.6) is 0 Å². The van der Waals surface area contributed by atoms with Gasteiger partial charge in [0, 0.05) is 16.7 Å². The maximum Gasteiger partial charge on any atom is 0.161 e. The molecule has 3 N–H and O–H groups in total. The fraction of sp³-hybridized carbons (Fsp3) is 0.353. The standard InChI is InChI=1S/C20H29N3.C8H7FOS.C4H3NOS.C2H7N/c1-21-13-7-3-4-8-14-23-20(16-22-2)19-12-11-17-9-5-6-10-18(17)15-19;1-11-8-4-7(9)3-2-6(8)5-10;6-2-4-1-5-3-7-4;1-3-2/h5-6,9-12,15,20-21,23H,2-4,7-8,13-14,16H2,1H3;2-5H,1H3;1-3H;3H,1-2H3. The Hall–Kier alpha value is -3.28. The Kier molecular flexibility index (Phi) is 22.1. The van der Waals surface area contributed by atoms with Crippen LogP contribution in [-0.2, 0) is 0 Å². The van der Waals surface area contributed by atoms with E-state index in [0.29, 0.717) is 15.3 Å². The predicted octanol–water partition coefficient (Wildman–Crippen LogP) is 7.10. The topological polar surface area (TPSA) is 95.5 Å². The van der Waals surface area contributed by atoms with Crippen molar-refractivity contribution < 1.29 is 14.0 Å². The van der Waals surface area contributed by atoms with Crippen LogP contribution in [0.2, 0.25) is 0 Å². The molecular formula is C34H46FN5O2S2. The maximum atomic E-state index is 12.5. The molecule has 0 aliphatic heterocycles. The quantitative estimate of drug-likeness (QED) is 0.0586. The second-order valence-corrected chi connectivity index (χ2v) is 11.3. The maximum absolute atomic E-state index is 12.5. The number of aldehydes is 2. The minimum absolute atomic E-state index is 0.259. The number of halogens is 1. The first-order chi connectivity index (χ1) is 21.5. The fourth-order valence-corrected chi connectivity index (χ4v) is 4.97. The zero-order valence-corrected chi connectivity index (χ0v) is 27.9. The molecule has 3 aromatic carbocycles. The number of benzene rings is 3. The van der Waals surface area contributed by atoms with E-state index in [1.165, 1.54) is 89.5 Å². The molecule has 1 aromatic heterocycles. The molecule has 4 aromatic rings. The molecule has 1 unspecified atom stereocenters. The van der Waals surface area contributed by atoms with Gasteiger partial charge in [-0.2, -0.15) is 0 Å². The number of aliphatic imine (C=N–C) groups is 1. The first-order valence-corrected chi connectivity index (χ1v) is 16.6. The van der Waals surface area contributed by atoms with E-state index >= 15 is 0 Å². The van der Waals surface area contributed by atoms with Crippen molar-refractivity contribution in [3.63, 3.8) is 0 Å². The highest BCUT2D eigenvalue weighted by Gasteiger charge is 2.10. The zero-order chi connectivity index (χ0) is 32.4. The molecule has 4 rings (SSSR count). The molecule has 238 valence electrons. The lowest BCUT2D eigenvalue weighted by Crippen LogP contribution is -2.24. The van der Waals surface area contributed by atoms with Gasteiger partial charge in [-0.25, -0.2) is 4.39 Å². The van der Waals surface area contributed by atoms with Crippen molar-refractivity contribution in [3.8, 4) is 0 Å². The van der Waals surface area contributed by atoms with E-state index in [2.05, 4.69) is 75.1 Å². The number of aromatic nitrogens is 1. The van der Waals surface area contributed by atoms with E-state index in [0.717, 1.165) is 32.2 Å². The van der Waals surface area contributed by atoms with E-state index in [-0.39, 0.29) is 11.9 Å². The first kappa shape index (κ1) is 38.7. The van der Waals surface area contributed by atoms with E-state index in [9.17, 15) is 14.0 Å². The molecule has 1 atom stereocenters. The third-order valence-electron chi connectivity index (χ3n) is 6.12. The second-order valence-electron chi connectivity index (χ2n) is 9.56. The molecule has 0 fully saturated rings. The number of nitrogens with zero attached hydrogens (tertiary/aromatic N) is 2. The van der Waals surface area contributed by atoms with Crippen LogP contribution >= 0.6 is 23.1 Å². The number of fused-ring (bicyclic) bond motifs is 1. The second kappa shape index (κ2) is 25.1. The van der Waals surface area contributed by atoms with Gasteiger partial charge in [0.1, 0.15) is 5.82 Å². The van der Waals surface area contributed by atoms with Gasteiger partial charge in [0.2, 0.25) is 0 Å². The van der Waals surface area contributed by atoms with E-state index in [1.54, 1.807) is 5.51 Å². The molecule has 0 saturated carbocycles. The normalized spacial score (nSPS) is 10.7. The van der Waals surface area contributed by atoms with Crippen molar-refractivity contribution in [2.75, 3.05) is 47.0 Å². The number of thioether (sulfide) groups is 1. The zero-order valence-electron chi connectivity index (χ0n) is 26.2. The lowest BCUT2D eigenvalue weighted by molar-refractivity contribution is 0.111. The van der Waals surface area contributed by atoms with Crippen molar-refractivity contribution in [3.05, 3.63) is 94.2 Å². The van der Waals surface area contributed by atoms with Crippen molar-refractivity contribution in [2.45, 2.75) is 36.6 Å². The molecule has 44 heavy (non-hydrogen) atoms. The van der Waals surface area contributed by atoms with Gasteiger partial charge in [-0.05, 0) is 101 Å². The van der Waals surface area contributed by atoms with Crippen molar-refractivity contribution >= 4 is 53.2 Å². The van der Waals surface area contributed by atoms with Crippen LogP contribution in [0.15, 0.2) is 82.3 Å². The summed E-state index contributed by atoms with van der Waals surface area (Å²) in [5.74, 6) is -0.306. The number of rotatable bonds is 14. The van der Waals surface area contributed by atoms with Crippen LogP contribution in [0, 0.1) is 5.82 Å². The minimum atomic E-state index is -0.306. The summed E-state index contributed by atoms with van der Waals surface area (Å²) < 4.78 is 12.5. The molecular weight excluding hydrogens is 594 g/mol. The first-order valence-electron chi connectivity index (χ1n) is 14.5. The Morgan fingerprint density at radius 2 is 1.66 bits per heavy atom. The molecule has 0 radical (unpaired) electrons. The lowest BCUT2D eigenvalue weighted by atomic mass is 10.0. The number of hydrogen-bond donors (Lipinski definition) is 3. The van der Waals surface area contributed by atoms with Gasteiger partial charge in [-0.3, -0.25) is 19.6 Å². The monoisotopic (exact) mass is 639 g/mol. The number of hydrogen-bond acceptors (Lipinski definition) is 9. The Labute approximate surface area is 270 Å². The van der Waals surface area contributed by atoms with Gasteiger partial charge in [-0.1, -0.05) is 49.2 Å². The Bertz CT molecular complexity index is 1340. The average Bonchev–Trinajstić information content (AvgIpc) is 3.59. The Balaban J connectivity index is 0.000000377. The van der Waals surface area contributed by atoms with Crippen LogP contribution in [0.4, 0.5) is 4.39 Å². The molecule has 1 heterocycles. The molecule has 0 amide bonds. The highest BCUT2D eigenvalue weighted by atomic mass is 32.2. The number of thiazole rings is 1. The molecule has 10 heteroatoms. The highest BCUT2D eigenvalue weighted by Crippen LogP contribution is 2.21. The highest BCUT2D eigenvalue weighted by molar-refractivity contribution is 7.98. The van der Waals surface area contributed by atoms with E-state index < -0.39 is 0 Å². The summed E-state index contributed by atoms with van der Waals surface area (Å²) in [7, 11) is 5.76. The molecule has 0 aliphatic rings. The van der Waals surface area contributed by atoms with Gasteiger partial charge in [0.25, 0.3) is 0 Å². The van der Waals surface area contributed by atoms with Crippen LogP contribution in [0.25, 0.3) is 10.8 Å². The SMILES string of the molecule is C=NCC(NCCCCCCNC)c1ccc2ccccc2c1.CNC.CSc1cc(F)ccc1C=O.O=Cc1cncs1. The van der Waals surface area contributed by atoms with Gasteiger partial charge >= 0.3 is 0 Å². The average molecular weight is 640 g/mol. The molecule has 0 aliphatic carbocycles. The van der Waals surface area contributed by atoms with Crippen molar-refractivity contribution in [1.82, 2.24) is 20.9 Å². The molecule has 0 spiro atoms. The number of nitrogens with one attached hydrogen (secondary N) is 3. The predicted molar refractivity (Wildman–Crippen MR) is 188 cm³/mol. The summed E-state index contributed by atoms with van der Waals surface area (Å²) >= 11 is 2.71. The third-order valence-corrected chi connectivity index (χ3v) is 7.62. The van der Waals surface area contributed by atoms with Crippen molar-refractivity contribution in [1.29, 1.82) is 0 Å². The largest absolute Gasteiger partial charge is 0.323 e. The molecule has 0 bridgehead atoms. The van der Waals surface area contributed by atoms with Gasteiger partial charge in [0.05, 0.1) is 23.0 Å². The minimum Gasteiger partial charge on any atom is -0.323 e. The summed E-state index contributed by atoms with van der Waals surface area (Å²) in [4.78, 5) is 29.4. The summed E-state index contributed by atoms with van der Waals surface area (Å²) in [6.07, 6.45) is 9.91. The van der Waals surface area contributed by atoms with Gasteiger partial charge in [-0.15, -0.1) is 23.1 Å². The summed E-state index contributed by atoms with van der Waals surface area (Å²) in [5.41, 5.74) is 3.47. The lowest BCUT2D eigenvalue weighted by Gasteiger charge is -2.18. The molecule has 7 nitrogen and oxygen atoms in total. The van der Waals surface area contributed by atoms with Gasteiger partial charge in [0.15, 0.2) is 12.6 Å². The summed E-state index contributed by atoms with van der Waals surface area (Å²) in [5, 5.41) is 12.2. The smallest absolute Gasteiger partial charge is 0.161 e. The van der Waals surface area contributed by atoms with Crippen molar-refractivity contribution in [2.24, 2.45) is 4.99 Å². The van der Waals surface area contributed by atoms with E-state index in [1.807, 2.05) is 27.4 Å².